The van der Waals surface area contributed by atoms with E-state index in [0.29, 0.717) is 18.0 Å². The number of carbonyl (C=O) groups excluding carboxylic acids is 2. The van der Waals surface area contributed by atoms with Crippen LogP contribution in [0.25, 0.3) is 0 Å². The van der Waals surface area contributed by atoms with E-state index >= 15 is 0 Å². The summed E-state index contributed by atoms with van der Waals surface area (Å²) in [5.41, 5.74) is 0.541. The van der Waals surface area contributed by atoms with Crippen molar-refractivity contribution in [3.05, 3.63) is 54.1 Å². The molecule has 5 nitrogen and oxygen atoms in total. The molecule has 1 heterocycles. The van der Waals surface area contributed by atoms with E-state index in [1.807, 2.05) is 6.92 Å². The Morgan fingerprint density at radius 2 is 2.07 bits per heavy atom. The van der Waals surface area contributed by atoms with Gasteiger partial charge in [-0.25, -0.2) is 8.78 Å². The van der Waals surface area contributed by atoms with Crippen molar-refractivity contribution in [2.75, 3.05) is 23.4 Å². The van der Waals surface area contributed by atoms with Gasteiger partial charge in [-0.15, -0.1) is 0 Å². The third-order valence-electron chi connectivity index (χ3n) is 4.27. The van der Waals surface area contributed by atoms with Crippen LogP contribution in [0.4, 0.5) is 20.2 Å². The van der Waals surface area contributed by atoms with Crippen molar-refractivity contribution in [3.8, 4) is 5.75 Å². The van der Waals surface area contributed by atoms with Gasteiger partial charge in [0.15, 0.2) is 0 Å². The topological polar surface area (TPSA) is 58.6 Å². The van der Waals surface area contributed by atoms with E-state index in [1.165, 1.54) is 11.0 Å². The number of hydrogen-bond acceptors (Lipinski definition) is 3. The minimum absolute atomic E-state index is 0.0216. The summed E-state index contributed by atoms with van der Waals surface area (Å²) in [6.07, 6.45) is 0.839. The predicted octanol–water partition coefficient (Wildman–Crippen LogP) is 3.75. The first-order valence-electron chi connectivity index (χ1n) is 8.77. The summed E-state index contributed by atoms with van der Waals surface area (Å²) in [5.74, 6) is -2.23. The fraction of sp³-hybridized carbons (Fsp3) is 0.300. The summed E-state index contributed by atoms with van der Waals surface area (Å²) < 4.78 is 32.6. The van der Waals surface area contributed by atoms with Gasteiger partial charge < -0.3 is 15.0 Å². The molecule has 0 radical (unpaired) electrons. The van der Waals surface area contributed by atoms with Crippen molar-refractivity contribution < 1.29 is 23.1 Å². The van der Waals surface area contributed by atoms with Gasteiger partial charge in [0.25, 0.3) is 0 Å². The van der Waals surface area contributed by atoms with Crippen LogP contribution in [0.15, 0.2) is 42.5 Å². The first-order valence-corrected chi connectivity index (χ1v) is 8.77. The monoisotopic (exact) mass is 374 g/mol. The number of nitrogens with zero attached hydrogens (tertiary/aromatic N) is 1. The summed E-state index contributed by atoms with van der Waals surface area (Å²) in [7, 11) is 0. The molecule has 0 aliphatic carbocycles. The normalized spacial score (nSPS) is 16.5. The van der Waals surface area contributed by atoms with Crippen LogP contribution in [0.2, 0.25) is 0 Å². The molecular weight excluding hydrogens is 354 g/mol. The minimum Gasteiger partial charge on any atom is -0.494 e. The van der Waals surface area contributed by atoms with E-state index in [0.717, 1.165) is 18.6 Å². The highest BCUT2D eigenvalue weighted by molar-refractivity contribution is 6.03. The summed E-state index contributed by atoms with van der Waals surface area (Å²) in [6, 6.07) is 10.0. The van der Waals surface area contributed by atoms with E-state index in [1.54, 1.807) is 24.3 Å². The molecule has 1 saturated heterocycles. The number of ether oxygens (including phenoxy) is 1. The zero-order valence-corrected chi connectivity index (χ0v) is 14.9. The molecule has 1 fully saturated rings. The summed E-state index contributed by atoms with van der Waals surface area (Å²) >= 11 is 0. The fourth-order valence-corrected chi connectivity index (χ4v) is 2.94. The molecule has 2 aromatic rings. The van der Waals surface area contributed by atoms with Gasteiger partial charge in [0.2, 0.25) is 11.8 Å². The second-order valence-electron chi connectivity index (χ2n) is 6.37. The largest absolute Gasteiger partial charge is 0.494 e. The molecule has 3 rings (SSSR count). The van der Waals surface area contributed by atoms with Gasteiger partial charge >= 0.3 is 0 Å². The highest BCUT2D eigenvalue weighted by Crippen LogP contribution is 2.29. The fourth-order valence-electron chi connectivity index (χ4n) is 2.94. The van der Waals surface area contributed by atoms with Gasteiger partial charge in [0, 0.05) is 30.8 Å². The Hall–Kier alpha value is -2.96. The number of amides is 2. The average molecular weight is 374 g/mol. The van der Waals surface area contributed by atoms with Gasteiger partial charge in [0.05, 0.1) is 18.2 Å². The number of hydrogen-bond donors (Lipinski definition) is 1. The standard InChI is InChI=1S/C20H20F2N2O3/c1-2-8-27-16-5-3-4-15(11-16)23-20(26)13-9-19(25)24(12-13)18-7-6-14(21)10-17(18)22/h3-7,10-11,13H,2,8-9,12H2,1H3,(H,23,26). The maximum Gasteiger partial charge on any atom is 0.229 e. The van der Waals surface area contributed by atoms with Crippen LogP contribution in [0.1, 0.15) is 19.8 Å². The molecule has 27 heavy (non-hydrogen) atoms. The van der Waals surface area contributed by atoms with Crippen molar-refractivity contribution in [1.29, 1.82) is 0 Å². The van der Waals surface area contributed by atoms with E-state index in [-0.39, 0.29) is 30.5 Å². The lowest BCUT2D eigenvalue weighted by Crippen LogP contribution is -2.28. The van der Waals surface area contributed by atoms with Crippen molar-refractivity contribution in [1.82, 2.24) is 0 Å². The van der Waals surface area contributed by atoms with E-state index in [9.17, 15) is 18.4 Å². The zero-order valence-electron chi connectivity index (χ0n) is 14.9. The Kier molecular flexibility index (Phi) is 5.69. The molecule has 2 amide bonds. The van der Waals surface area contributed by atoms with Gasteiger partial charge in [0.1, 0.15) is 17.4 Å². The molecule has 1 unspecified atom stereocenters. The second kappa shape index (κ2) is 8.16. The number of halogens is 2. The van der Waals surface area contributed by atoms with E-state index < -0.39 is 17.6 Å². The van der Waals surface area contributed by atoms with Gasteiger partial charge in [-0.1, -0.05) is 13.0 Å². The smallest absolute Gasteiger partial charge is 0.229 e. The number of carbonyl (C=O) groups is 2. The average Bonchev–Trinajstić information content (AvgIpc) is 3.02. The molecule has 1 aliphatic heterocycles. The zero-order chi connectivity index (χ0) is 19.4. The van der Waals surface area contributed by atoms with Crippen LogP contribution >= 0.6 is 0 Å². The molecule has 2 aromatic carbocycles. The van der Waals surface area contributed by atoms with Crippen LogP contribution < -0.4 is 15.0 Å². The quantitative estimate of drug-likeness (QED) is 0.838. The number of benzene rings is 2. The van der Waals surface area contributed by atoms with Crippen LogP contribution in [0, 0.1) is 17.6 Å². The van der Waals surface area contributed by atoms with E-state index in [2.05, 4.69) is 5.32 Å². The highest BCUT2D eigenvalue weighted by Gasteiger charge is 2.36. The van der Waals surface area contributed by atoms with Crippen LogP contribution in [0.5, 0.6) is 5.75 Å². The minimum atomic E-state index is -0.829. The predicted molar refractivity (Wildman–Crippen MR) is 97.7 cm³/mol. The van der Waals surface area contributed by atoms with Crippen molar-refractivity contribution in [3.63, 3.8) is 0 Å². The molecule has 1 atom stereocenters. The molecule has 1 N–H and O–H groups in total. The molecule has 7 heteroatoms. The summed E-state index contributed by atoms with van der Waals surface area (Å²) in [5, 5.41) is 2.77. The Morgan fingerprint density at radius 3 is 2.81 bits per heavy atom. The van der Waals surface area contributed by atoms with Gasteiger partial charge in [-0.05, 0) is 30.7 Å². The van der Waals surface area contributed by atoms with Crippen LogP contribution in [-0.4, -0.2) is 25.0 Å². The Balaban J connectivity index is 1.67. The van der Waals surface area contributed by atoms with E-state index in [4.69, 9.17) is 4.74 Å². The molecule has 0 spiro atoms. The van der Waals surface area contributed by atoms with Gasteiger partial charge in [-0.3, -0.25) is 9.59 Å². The second-order valence-corrected chi connectivity index (χ2v) is 6.37. The van der Waals surface area contributed by atoms with Crippen LogP contribution in [-0.2, 0) is 9.59 Å². The third kappa shape index (κ3) is 4.42. The molecule has 142 valence electrons. The van der Waals surface area contributed by atoms with Crippen molar-refractivity contribution in [2.45, 2.75) is 19.8 Å². The lowest BCUT2D eigenvalue weighted by Gasteiger charge is -2.17. The molecular formula is C20H20F2N2O3. The summed E-state index contributed by atoms with van der Waals surface area (Å²) in [6.45, 7) is 2.62. The van der Waals surface area contributed by atoms with Gasteiger partial charge in [-0.2, -0.15) is 0 Å². The molecule has 0 saturated carbocycles. The third-order valence-corrected chi connectivity index (χ3v) is 4.27. The Labute approximate surface area is 155 Å². The Bertz CT molecular complexity index is 857. The first-order chi connectivity index (χ1) is 13.0. The van der Waals surface area contributed by atoms with Crippen molar-refractivity contribution >= 4 is 23.2 Å². The highest BCUT2D eigenvalue weighted by atomic mass is 19.1. The maximum atomic E-state index is 13.9. The maximum absolute atomic E-state index is 13.9. The number of rotatable bonds is 6. The first kappa shape index (κ1) is 18.8. The lowest BCUT2D eigenvalue weighted by molar-refractivity contribution is -0.122. The molecule has 1 aliphatic rings. The molecule has 0 aromatic heterocycles. The van der Waals surface area contributed by atoms with Crippen molar-refractivity contribution in [2.24, 2.45) is 5.92 Å². The SMILES string of the molecule is CCCOc1cccc(NC(=O)C2CC(=O)N(c3ccc(F)cc3F)C2)c1. The number of nitrogens with one attached hydrogen (secondary N) is 1. The van der Waals surface area contributed by atoms with Crippen LogP contribution in [0.3, 0.4) is 0 Å². The molecule has 0 bridgehead atoms. The Morgan fingerprint density at radius 1 is 1.26 bits per heavy atom. The summed E-state index contributed by atoms with van der Waals surface area (Å²) in [4.78, 5) is 25.9. The number of anilines is 2. The lowest BCUT2D eigenvalue weighted by atomic mass is 10.1.